The van der Waals surface area contributed by atoms with E-state index in [0.717, 1.165) is 22.9 Å². The molecule has 0 amide bonds. The molecule has 0 radical (unpaired) electrons. The first-order valence-corrected chi connectivity index (χ1v) is 7.85. The van der Waals surface area contributed by atoms with E-state index in [2.05, 4.69) is 49.8 Å². The number of halogens is 1. The molecular weight excluding hydrogens is 348 g/mol. The molecule has 1 fully saturated rings. The van der Waals surface area contributed by atoms with Crippen LogP contribution in [-0.2, 0) is 0 Å². The quantitative estimate of drug-likeness (QED) is 0.756. The van der Waals surface area contributed by atoms with Gasteiger partial charge in [-0.25, -0.2) is 4.98 Å². The van der Waals surface area contributed by atoms with Gasteiger partial charge in [-0.05, 0) is 42.2 Å². The molecule has 0 aliphatic carbocycles. The highest BCUT2D eigenvalue weighted by atomic mass is 79.9. The van der Waals surface area contributed by atoms with E-state index < -0.39 is 0 Å². The summed E-state index contributed by atoms with van der Waals surface area (Å²) < 4.78 is 6.35. The molecule has 1 N–H and O–H groups in total. The molecular formula is C15H15BrN4O2. The van der Waals surface area contributed by atoms with E-state index in [1.807, 2.05) is 12.1 Å². The molecule has 114 valence electrons. The van der Waals surface area contributed by atoms with Gasteiger partial charge in [-0.1, -0.05) is 0 Å². The summed E-state index contributed by atoms with van der Waals surface area (Å²) in [5.41, 5.74) is 1.04. The Balaban J connectivity index is 1.84. The summed E-state index contributed by atoms with van der Waals surface area (Å²) >= 11 is 3.51. The van der Waals surface area contributed by atoms with E-state index in [9.17, 15) is 4.79 Å². The van der Waals surface area contributed by atoms with E-state index in [4.69, 9.17) is 4.42 Å². The third-order valence-corrected chi connectivity index (χ3v) is 4.90. The van der Waals surface area contributed by atoms with Gasteiger partial charge >= 0.3 is 0 Å². The largest absolute Gasteiger partial charge is 0.463 e. The standard InChI is InChI=1S/C15H15BrN4O2/c1-19(2)8-6-20(7-8)15-17-11-5-10(16)9-3-4-22-13(9)12(11)14(21)18-15/h3-5,8H,6-7H2,1-2H3,(H,17,18,21). The zero-order chi connectivity index (χ0) is 15.4. The molecule has 1 aliphatic rings. The number of hydrogen-bond donors (Lipinski definition) is 1. The van der Waals surface area contributed by atoms with Crippen LogP contribution < -0.4 is 10.5 Å². The van der Waals surface area contributed by atoms with Crippen molar-refractivity contribution in [3.63, 3.8) is 0 Å². The lowest BCUT2D eigenvalue weighted by molar-refractivity contribution is 0.245. The molecule has 0 saturated carbocycles. The second-order valence-corrected chi connectivity index (χ2v) is 6.68. The molecule has 1 aromatic carbocycles. The summed E-state index contributed by atoms with van der Waals surface area (Å²) in [6.45, 7) is 1.73. The van der Waals surface area contributed by atoms with Crippen LogP contribution in [-0.4, -0.2) is 48.1 Å². The fraction of sp³-hybridized carbons (Fsp3) is 0.333. The maximum atomic E-state index is 12.5. The van der Waals surface area contributed by atoms with Gasteiger partial charge in [0.15, 0.2) is 0 Å². The summed E-state index contributed by atoms with van der Waals surface area (Å²) in [5.74, 6) is 0.619. The zero-order valence-electron chi connectivity index (χ0n) is 12.3. The molecule has 1 aliphatic heterocycles. The fourth-order valence-electron chi connectivity index (χ4n) is 2.80. The Morgan fingerprint density at radius 2 is 2.23 bits per heavy atom. The Morgan fingerprint density at radius 3 is 2.95 bits per heavy atom. The Labute approximate surface area is 134 Å². The second kappa shape index (κ2) is 4.82. The van der Waals surface area contributed by atoms with Crippen LogP contribution in [0.1, 0.15) is 0 Å². The average Bonchev–Trinajstić information content (AvgIpc) is 2.85. The average molecular weight is 363 g/mol. The molecule has 2 aromatic heterocycles. The molecule has 0 atom stereocenters. The van der Waals surface area contributed by atoms with Crippen LogP contribution in [0.25, 0.3) is 21.9 Å². The van der Waals surface area contributed by atoms with Crippen LogP contribution >= 0.6 is 15.9 Å². The lowest BCUT2D eigenvalue weighted by atomic mass is 10.1. The number of H-pyrrole nitrogens is 1. The fourth-order valence-corrected chi connectivity index (χ4v) is 3.32. The lowest BCUT2D eigenvalue weighted by Crippen LogP contribution is -2.58. The van der Waals surface area contributed by atoms with Crippen LogP contribution in [0.3, 0.4) is 0 Å². The molecule has 3 aromatic rings. The van der Waals surface area contributed by atoms with Crippen molar-refractivity contribution >= 4 is 43.8 Å². The highest BCUT2D eigenvalue weighted by molar-refractivity contribution is 9.10. The minimum atomic E-state index is -0.166. The number of aromatic nitrogens is 2. The van der Waals surface area contributed by atoms with Gasteiger partial charge < -0.3 is 14.2 Å². The third kappa shape index (κ3) is 1.96. The van der Waals surface area contributed by atoms with Crippen molar-refractivity contribution in [1.29, 1.82) is 0 Å². The first-order chi connectivity index (χ1) is 10.5. The van der Waals surface area contributed by atoms with E-state index in [1.54, 1.807) is 6.26 Å². The van der Waals surface area contributed by atoms with E-state index >= 15 is 0 Å². The maximum absolute atomic E-state index is 12.5. The molecule has 22 heavy (non-hydrogen) atoms. The number of rotatable bonds is 2. The second-order valence-electron chi connectivity index (χ2n) is 5.83. The summed E-state index contributed by atoms with van der Waals surface area (Å²) in [6.07, 6.45) is 1.58. The van der Waals surface area contributed by atoms with Gasteiger partial charge in [-0.2, -0.15) is 0 Å². The molecule has 0 unspecified atom stereocenters. The molecule has 0 bridgehead atoms. The monoisotopic (exact) mass is 362 g/mol. The predicted molar refractivity (Wildman–Crippen MR) is 89.5 cm³/mol. The molecule has 4 rings (SSSR count). The number of furan rings is 1. The van der Waals surface area contributed by atoms with Crippen molar-refractivity contribution in [2.24, 2.45) is 0 Å². The van der Waals surface area contributed by atoms with Gasteiger partial charge in [0.2, 0.25) is 5.95 Å². The number of nitrogens with zero attached hydrogens (tertiary/aromatic N) is 3. The first kappa shape index (κ1) is 13.8. The van der Waals surface area contributed by atoms with Crippen LogP contribution in [0.2, 0.25) is 0 Å². The van der Waals surface area contributed by atoms with Crippen molar-refractivity contribution in [1.82, 2.24) is 14.9 Å². The number of fused-ring (bicyclic) bond motifs is 3. The summed E-state index contributed by atoms with van der Waals surface area (Å²) in [7, 11) is 4.12. The summed E-state index contributed by atoms with van der Waals surface area (Å²) in [5, 5.41) is 1.38. The predicted octanol–water partition coefficient (Wildman–Crippen LogP) is 2.18. The number of hydrogen-bond acceptors (Lipinski definition) is 5. The van der Waals surface area contributed by atoms with Gasteiger partial charge in [0.25, 0.3) is 5.56 Å². The van der Waals surface area contributed by atoms with Crippen molar-refractivity contribution in [2.45, 2.75) is 6.04 Å². The number of likely N-dealkylation sites (N-methyl/N-ethyl adjacent to an activating group) is 1. The molecule has 6 nitrogen and oxygen atoms in total. The Hall–Kier alpha value is -1.86. The zero-order valence-corrected chi connectivity index (χ0v) is 13.8. The third-order valence-electron chi connectivity index (χ3n) is 4.24. The number of benzene rings is 1. The highest BCUT2D eigenvalue weighted by Crippen LogP contribution is 2.31. The molecule has 0 spiro atoms. The van der Waals surface area contributed by atoms with E-state index in [0.29, 0.717) is 28.5 Å². The van der Waals surface area contributed by atoms with Crippen molar-refractivity contribution in [2.75, 3.05) is 32.1 Å². The van der Waals surface area contributed by atoms with Crippen LogP contribution in [0.5, 0.6) is 0 Å². The summed E-state index contributed by atoms with van der Waals surface area (Å²) in [6, 6.07) is 4.21. The molecule has 7 heteroatoms. The van der Waals surface area contributed by atoms with Gasteiger partial charge in [0.05, 0.1) is 11.8 Å². The van der Waals surface area contributed by atoms with Gasteiger partial charge in [0, 0.05) is 29.0 Å². The highest BCUT2D eigenvalue weighted by Gasteiger charge is 2.30. The van der Waals surface area contributed by atoms with Gasteiger partial charge in [-0.15, -0.1) is 0 Å². The minimum Gasteiger partial charge on any atom is -0.463 e. The van der Waals surface area contributed by atoms with Crippen molar-refractivity contribution < 1.29 is 4.42 Å². The number of aromatic amines is 1. The van der Waals surface area contributed by atoms with Gasteiger partial charge in [-0.3, -0.25) is 9.78 Å². The molecule has 3 heterocycles. The van der Waals surface area contributed by atoms with E-state index in [-0.39, 0.29) is 5.56 Å². The van der Waals surface area contributed by atoms with Crippen molar-refractivity contribution in [3.8, 4) is 0 Å². The van der Waals surface area contributed by atoms with Crippen LogP contribution in [0.4, 0.5) is 5.95 Å². The van der Waals surface area contributed by atoms with Crippen LogP contribution in [0, 0.1) is 0 Å². The number of anilines is 1. The maximum Gasteiger partial charge on any atom is 0.263 e. The van der Waals surface area contributed by atoms with E-state index in [1.165, 1.54) is 0 Å². The Bertz CT molecular complexity index is 924. The Morgan fingerprint density at radius 1 is 1.45 bits per heavy atom. The molecule has 1 saturated heterocycles. The SMILES string of the molecule is CN(C)C1CN(c2nc3cc(Br)c4ccoc4c3c(=O)[nH]2)C1. The normalized spacial score (nSPS) is 15.9. The van der Waals surface area contributed by atoms with Crippen molar-refractivity contribution in [3.05, 3.63) is 33.2 Å². The smallest absolute Gasteiger partial charge is 0.263 e. The summed E-state index contributed by atoms with van der Waals surface area (Å²) in [4.78, 5) is 24.2. The van der Waals surface area contributed by atoms with Crippen LogP contribution in [0.15, 0.2) is 32.1 Å². The lowest BCUT2D eigenvalue weighted by Gasteiger charge is -2.42. The number of nitrogens with one attached hydrogen (secondary N) is 1. The van der Waals surface area contributed by atoms with Gasteiger partial charge in [0.1, 0.15) is 11.0 Å². The first-order valence-electron chi connectivity index (χ1n) is 7.05. The minimum absolute atomic E-state index is 0.166. The topological polar surface area (TPSA) is 65.4 Å². The Kier molecular flexibility index (Phi) is 3.02.